The van der Waals surface area contributed by atoms with Crippen molar-refractivity contribution in [1.82, 2.24) is 0 Å². The molecule has 0 fully saturated rings. The van der Waals surface area contributed by atoms with Gasteiger partial charge in [-0.2, -0.15) is 0 Å². The molecule has 1 heterocycles. The van der Waals surface area contributed by atoms with Crippen LogP contribution in [-0.4, -0.2) is 29.2 Å². The van der Waals surface area contributed by atoms with Crippen LogP contribution in [0.25, 0.3) is 0 Å². The first-order valence-corrected chi connectivity index (χ1v) is 8.45. The van der Waals surface area contributed by atoms with Gasteiger partial charge in [0.05, 0.1) is 13.2 Å². The molecule has 2 N–H and O–H groups in total. The van der Waals surface area contributed by atoms with E-state index in [2.05, 4.69) is 104 Å². The van der Waals surface area contributed by atoms with E-state index in [1.54, 1.807) is 0 Å². The zero-order valence-electron chi connectivity index (χ0n) is 14.9. The first-order chi connectivity index (χ1) is 11.4. The first kappa shape index (κ1) is 49.6. The summed E-state index contributed by atoms with van der Waals surface area (Å²) in [4.78, 5) is 0. The number of aliphatic hydroxyl groups excluding tert-OH is 2. The highest BCUT2D eigenvalue weighted by atomic mass is 33.1. The molecule has 138 valence electrons. The maximum Gasteiger partial charge on any atom is 0.0662 e. The third-order valence-corrected chi connectivity index (χ3v) is 2.40. The normalized spacial score (nSPS) is 7.04. The molecule has 0 saturated carbocycles. The third kappa shape index (κ3) is 343. The molecule has 0 amide bonds. The van der Waals surface area contributed by atoms with Gasteiger partial charge in [0.1, 0.15) is 0 Å². The molecule has 1 aliphatic rings. The van der Waals surface area contributed by atoms with Gasteiger partial charge in [-0.15, -0.1) is 92.1 Å². The van der Waals surface area contributed by atoms with Gasteiger partial charge in [0.15, 0.2) is 0 Å². The lowest BCUT2D eigenvalue weighted by molar-refractivity contribution is 0.186. The zero-order valence-corrected chi connectivity index (χ0v) is 16.5. The monoisotopic (exact) mass is 362 g/mol. The average Bonchev–Trinajstić information content (AvgIpc) is 3.32. The second kappa shape index (κ2) is 256. The van der Waals surface area contributed by atoms with E-state index in [1.807, 2.05) is 21.6 Å². The minimum Gasteiger partial charge on any atom is -0.394 e. The van der Waals surface area contributed by atoms with E-state index in [9.17, 15) is 0 Å². The van der Waals surface area contributed by atoms with Crippen LogP contribution in [0.5, 0.6) is 0 Å². The van der Waals surface area contributed by atoms with Crippen molar-refractivity contribution >= 4 is 21.6 Å². The van der Waals surface area contributed by atoms with Crippen molar-refractivity contribution in [3.05, 3.63) is 104 Å². The summed E-state index contributed by atoms with van der Waals surface area (Å²) in [5.41, 5.74) is 0. The van der Waals surface area contributed by atoms with Gasteiger partial charge in [-0.1, -0.05) is 27.7 Å². The van der Waals surface area contributed by atoms with Crippen LogP contribution in [0.15, 0.2) is 104 Å². The Morgan fingerprint density at radius 2 is 0.870 bits per heavy atom. The molecule has 0 aromatic carbocycles. The highest BCUT2D eigenvalue weighted by Gasteiger charge is 1.85. The molecule has 0 aromatic heterocycles. The molecule has 2 nitrogen and oxygen atoms in total. The second-order valence-corrected chi connectivity index (χ2v) is 3.52. The summed E-state index contributed by atoms with van der Waals surface area (Å²) < 4.78 is 0. The lowest BCUT2D eigenvalue weighted by atomic mass is 10.8. The van der Waals surface area contributed by atoms with E-state index in [1.165, 1.54) is 5.75 Å². The first-order valence-electron chi connectivity index (χ1n) is 6.07. The van der Waals surface area contributed by atoms with Gasteiger partial charge in [0, 0.05) is 5.75 Å². The van der Waals surface area contributed by atoms with Crippen LogP contribution in [0, 0.1) is 0 Å². The van der Waals surface area contributed by atoms with Crippen molar-refractivity contribution in [3.63, 3.8) is 0 Å². The van der Waals surface area contributed by atoms with Crippen LogP contribution in [0.3, 0.4) is 0 Å². The summed E-state index contributed by atoms with van der Waals surface area (Å²) in [5.74, 6) is 1.20. The minimum absolute atomic E-state index is 0.125. The predicted octanol–water partition coefficient (Wildman–Crippen LogP) is 6.48. The van der Waals surface area contributed by atoms with Crippen molar-refractivity contribution in [2.45, 2.75) is 0 Å². The standard InChI is InChI=1S/C3H4S2.C2H6O2.7C2H4/c1-2-4-5-3-1;3-1-2-4;7*1-2/h1-2H,3H2;3-4H,1-2H2;7*1-2H2. The van der Waals surface area contributed by atoms with Crippen molar-refractivity contribution in [1.29, 1.82) is 0 Å². The lowest BCUT2D eigenvalue weighted by Crippen LogP contribution is -1.85. The molecule has 1 aliphatic heterocycles. The maximum absolute atomic E-state index is 7.62. The topological polar surface area (TPSA) is 40.5 Å². The maximum atomic E-state index is 7.62. The Morgan fingerprint density at radius 3 is 0.913 bits per heavy atom. The Kier molecular flexibility index (Phi) is 551. The van der Waals surface area contributed by atoms with Gasteiger partial charge >= 0.3 is 0 Å². The minimum atomic E-state index is -0.125. The fourth-order valence-electron chi connectivity index (χ4n) is 0.196. The smallest absolute Gasteiger partial charge is 0.0662 e. The highest BCUT2D eigenvalue weighted by molar-refractivity contribution is 8.78. The van der Waals surface area contributed by atoms with Gasteiger partial charge in [0.25, 0.3) is 0 Å². The molecule has 0 aromatic rings. The Bertz CT molecular complexity index is 127. The Hall–Kier alpha value is -1.46. The number of aliphatic hydroxyl groups is 2. The van der Waals surface area contributed by atoms with Gasteiger partial charge < -0.3 is 10.2 Å². The molecule has 0 spiro atoms. The predicted molar refractivity (Wildman–Crippen MR) is 122 cm³/mol. The Labute approximate surface area is 154 Å². The Balaban J connectivity index is -0.0000000192. The van der Waals surface area contributed by atoms with Crippen LogP contribution >= 0.6 is 21.6 Å². The van der Waals surface area contributed by atoms with Gasteiger partial charge in [0.2, 0.25) is 0 Å². The molecule has 0 atom stereocenters. The molecule has 0 aliphatic carbocycles. The van der Waals surface area contributed by atoms with Crippen molar-refractivity contribution in [3.8, 4) is 0 Å². The number of hydrogen-bond donors (Lipinski definition) is 2. The molecule has 23 heavy (non-hydrogen) atoms. The fourth-order valence-corrected chi connectivity index (χ4v) is 1.77. The summed E-state index contributed by atoms with van der Waals surface area (Å²) in [6, 6.07) is 0. The molecular weight excluding hydrogens is 324 g/mol. The van der Waals surface area contributed by atoms with Gasteiger partial charge in [-0.25, -0.2) is 0 Å². The van der Waals surface area contributed by atoms with Crippen LogP contribution in [0.1, 0.15) is 0 Å². The van der Waals surface area contributed by atoms with Gasteiger partial charge in [-0.3, -0.25) is 0 Å². The van der Waals surface area contributed by atoms with Crippen molar-refractivity contribution in [2.24, 2.45) is 0 Å². The van der Waals surface area contributed by atoms with E-state index in [4.69, 9.17) is 10.2 Å². The molecule has 0 unspecified atom stereocenters. The molecule has 0 radical (unpaired) electrons. The summed E-state index contributed by atoms with van der Waals surface area (Å²) >= 11 is 0. The fraction of sp³-hybridized carbons (Fsp3) is 0.158. The van der Waals surface area contributed by atoms with E-state index >= 15 is 0 Å². The summed E-state index contributed by atoms with van der Waals surface area (Å²) in [5, 5.41) is 17.4. The third-order valence-electron chi connectivity index (χ3n) is 0.484. The lowest BCUT2D eigenvalue weighted by Gasteiger charge is -1.70. The summed E-state index contributed by atoms with van der Waals surface area (Å²) in [6.07, 6.45) is 2.16. The largest absolute Gasteiger partial charge is 0.394 e. The SMILES string of the molecule is C1=CSSC1.C=C.C=C.C=C.C=C.C=C.C=C.C=C.OCCO. The van der Waals surface area contributed by atoms with Crippen LogP contribution in [0.2, 0.25) is 0 Å². The van der Waals surface area contributed by atoms with Crippen molar-refractivity contribution < 1.29 is 10.2 Å². The zero-order chi connectivity index (χ0) is 20.9. The van der Waals surface area contributed by atoms with E-state index in [0.717, 1.165) is 0 Å². The van der Waals surface area contributed by atoms with E-state index in [-0.39, 0.29) is 13.2 Å². The van der Waals surface area contributed by atoms with Crippen LogP contribution < -0.4 is 0 Å². The highest BCUT2D eigenvalue weighted by Crippen LogP contribution is 2.27. The summed E-state index contributed by atoms with van der Waals surface area (Å²) in [6.45, 7) is 41.8. The van der Waals surface area contributed by atoms with E-state index < -0.39 is 0 Å². The second-order valence-electron chi connectivity index (χ2n) is 1.20. The van der Waals surface area contributed by atoms with Crippen molar-refractivity contribution in [2.75, 3.05) is 19.0 Å². The molecule has 4 heteroatoms. The number of hydrogen-bond acceptors (Lipinski definition) is 4. The van der Waals surface area contributed by atoms with Gasteiger partial charge in [-0.05, 0) is 5.41 Å². The molecule has 0 saturated heterocycles. The van der Waals surface area contributed by atoms with Crippen LogP contribution in [0.4, 0.5) is 0 Å². The summed E-state index contributed by atoms with van der Waals surface area (Å²) in [7, 11) is 3.69. The van der Waals surface area contributed by atoms with Crippen LogP contribution in [-0.2, 0) is 0 Å². The number of rotatable bonds is 1. The Morgan fingerprint density at radius 1 is 0.609 bits per heavy atom. The quantitative estimate of drug-likeness (QED) is 0.413. The molecule has 1 rings (SSSR count). The molecule has 0 bridgehead atoms. The molecular formula is C19H38O2S2. The average molecular weight is 363 g/mol. The van der Waals surface area contributed by atoms with E-state index in [0.29, 0.717) is 0 Å².